The van der Waals surface area contributed by atoms with Crippen LogP contribution in [0.4, 0.5) is 0 Å². The Kier molecular flexibility index (Phi) is 38.2. The molecule has 0 aromatic rings. The number of methoxy groups -OCH3 is 1. The fourth-order valence-corrected chi connectivity index (χ4v) is 0.356. The van der Waals surface area contributed by atoms with Crippen molar-refractivity contribution >= 4 is 5.91 Å². The molecule has 1 N–H and O–H groups in total. The third-order valence-corrected chi connectivity index (χ3v) is 0.761. The first-order valence-electron chi connectivity index (χ1n) is 2.61. The molecule has 0 bridgehead atoms. The molecule has 0 aromatic heterocycles. The first-order valence-corrected chi connectivity index (χ1v) is 2.61. The van der Waals surface area contributed by atoms with Crippen LogP contribution >= 0.6 is 0 Å². The van der Waals surface area contributed by atoms with E-state index in [1.807, 2.05) is 0 Å². The molecule has 0 aliphatic carbocycles. The molecule has 6 heteroatoms. The van der Waals surface area contributed by atoms with Crippen molar-refractivity contribution in [2.24, 2.45) is 0 Å². The van der Waals surface area contributed by atoms with E-state index in [2.05, 4.69) is 22.8 Å². The van der Waals surface area contributed by atoms with E-state index in [0.717, 1.165) is 0 Å². The molecule has 1 amide bonds. The normalized spacial score (nSPS) is 6.42. The SMILES string of the molecule is C=[C-]NC(=O)CCOC.[Y].[Y].[Y]. The zero-order chi connectivity index (χ0) is 7.11. The Labute approximate surface area is 149 Å². The molecule has 0 spiro atoms. The van der Waals surface area contributed by atoms with Crippen molar-refractivity contribution in [2.45, 2.75) is 6.42 Å². The van der Waals surface area contributed by atoms with Gasteiger partial charge in [0, 0.05) is 112 Å². The Bertz CT molecular complexity index is 111. The van der Waals surface area contributed by atoms with E-state index in [4.69, 9.17) is 0 Å². The topological polar surface area (TPSA) is 38.3 Å². The molecule has 0 aromatic carbocycles. The monoisotopic (exact) mass is 395 g/mol. The molecule has 0 rings (SSSR count). The minimum absolute atomic E-state index is 0. The van der Waals surface area contributed by atoms with E-state index in [9.17, 15) is 4.79 Å². The van der Waals surface area contributed by atoms with Crippen LogP contribution in [0.1, 0.15) is 6.42 Å². The molecule has 0 fully saturated rings. The van der Waals surface area contributed by atoms with Crippen LogP contribution in [-0.2, 0) is 108 Å². The van der Waals surface area contributed by atoms with E-state index in [0.29, 0.717) is 13.0 Å². The van der Waals surface area contributed by atoms with Gasteiger partial charge in [0.05, 0.1) is 5.91 Å². The molecule has 3 nitrogen and oxygen atoms in total. The van der Waals surface area contributed by atoms with E-state index in [1.54, 1.807) is 7.11 Å². The molecule has 3 radical (unpaired) electrons. The Morgan fingerprint density at radius 2 is 2.00 bits per heavy atom. The van der Waals surface area contributed by atoms with E-state index < -0.39 is 0 Å². The molecule has 0 unspecified atom stereocenters. The second-order valence-corrected chi connectivity index (χ2v) is 1.47. The number of rotatable bonds is 4. The zero-order valence-corrected chi connectivity index (χ0v) is 15.7. The Balaban J connectivity index is -0.000000107. The Hall–Kier alpha value is 2.48. The van der Waals surface area contributed by atoms with E-state index >= 15 is 0 Å². The van der Waals surface area contributed by atoms with Crippen LogP contribution in [0.15, 0.2) is 6.58 Å². The van der Waals surface area contributed by atoms with Crippen LogP contribution in [0.25, 0.3) is 0 Å². The van der Waals surface area contributed by atoms with Gasteiger partial charge in [0.15, 0.2) is 0 Å². The van der Waals surface area contributed by atoms with Crippen LogP contribution in [0, 0.1) is 6.20 Å². The molecule has 0 aliphatic rings. The molecule has 0 heterocycles. The molecular weight excluding hydrogens is 385 g/mol. The molecule has 0 saturated carbocycles. The Morgan fingerprint density at radius 1 is 1.50 bits per heavy atom. The van der Waals surface area contributed by atoms with Crippen molar-refractivity contribution in [1.29, 1.82) is 0 Å². The van der Waals surface area contributed by atoms with Gasteiger partial charge >= 0.3 is 0 Å². The Morgan fingerprint density at radius 3 is 2.33 bits per heavy atom. The van der Waals surface area contributed by atoms with Gasteiger partial charge in [-0.25, -0.2) is 0 Å². The van der Waals surface area contributed by atoms with Gasteiger partial charge in [-0.15, -0.1) is 0 Å². The van der Waals surface area contributed by atoms with E-state index in [-0.39, 0.29) is 104 Å². The third kappa shape index (κ3) is 18.3. The van der Waals surface area contributed by atoms with Crippen LogP contribution in [0.3, 0.4) is 0 Å². The molecule has 0 aliphatic heterocycles. The summed E-state index contributed by atoms with van der Waals surface area (Å²) in [6.45, 7) is 3.65. The predicted molar refractivity (Wildman–Crippen MR) is 33.5 cm³/mol. The molecule has 0 saturated heterocycles. The van der Waals surface area contributed by atoms with Crippen LogP contribution in [0.2, 0.25) is 0 Å². The van der Waals surface area contributed by atoms with E-state index in [1.165, 1.54) is 0 Å². The standard InChI is InChI=1S/C6H10NO2.3Y/c1-3-7-6(8)4-5-9-2;;;/h1,4-5H2,2H3,(H,7,8);;;/q-1;;;. The van der Waals surface area contributed by atoms with Crippen molar-refractivity contribution in [2.75, 3.05) is 13.7 Å². The van der Waals surface area contributed by atoms with Gasteiger partial charge in [-0.3, -0.25) is 0 Å². The molecule has 61 valence electrons. The summed E-state index contributed by atoms with van der Waals surface area (Å²) in [4.78, 5) is 10.5. The average Bonchev–Trinajstić information content (AvgIpc) is 1.85. The summed E-state index contributed by atoms with van der Waals surface area (Å²) in [7, 11) is 1.55. The number of nitrogens with one attached hydrogen (secondary N) is 1. The number of amides is 1. The number of hydrogen-bond acceptors (Lipinski definition) is 2. The second kappa shape index (κ2) is 19.1. The van der Waals surface area contributed by atoms with Gasteiger partial charge < -0.3 is 14.8 Å². The van der Waals surface area contributed by atoms with Crippen molar-refractivity contribution in [1.82, 2.24) is 5.32 Å². The maximum atomic E-state index is 10.5. The molecular formula is C6H10NO2Y3-. The van der Waals surface area contributed by atoms with Gasteiger partial charge in [-0.1, -0.05) is 0 Å². The first-order chi connectivity index (χ1) is 4.31. The second-order valence-electron chi connectivity index (χ2n) is 1.47. The summed E-state index contributed by atoms with van der Waals surface area (Å²) < 4.78 is 4.65. The minimum Gasteiger partial charge on any atom is -0.496 e. The zero-order valence-electron chi connectivity index (χ0n) is 7.17. The summed E-state index contributed by atoms with van der Waals surface area (Å²) in [5, 5.41) is 2.30. The van der Waals surface area contributed by atoms with Gasteiger partial charge in [0.1, 0.15) is 0 Å². The molecule has 0 atom stereocenters. The maximum Gasteiger partial charge on any atom is 0.0703 e. The molecule has 12 heavy (non-hydrogen) atoms. The fourth-order valence-electron chi connectivity index (χ4n) is 0.356. The van der Waals surface area contributed by atoms with Crippen LogP contribution in [0.5, 0.6) is 0 Å². The predicted octanol–water partition coefficient (Wildman–Crippen LogP) is 0.0783. The van der Waals surface area contributed by atoms with Gasteiger partial charge in [0.2, 0.25) is 0 Å². The van der Waals surface area contributed by atoms with Crippen molar-refractivity contribution in [3.8, 4) is 0 Å². The minimum atomic E-state index is -0.119. The maximum absolute atomic E-state index is 10.5. The summed E-state index contributed by atoms with van der Waals surface area (Å²) in [6.07, 6.45) is 2.63. The number of ether oxygens (including phenoxy) is 1. The van der Waals surface area contributed by atoms with Crippen LogP contribution in [-0.4, -0.2) is 19.6 Å². The average molecular weight is 395 g/mol. The van der Waals surface area contributed by atoms with Gasteiger partial charge in [-0.2, -0.15) is 12.8 Å². The number of carbonyl (C=O) groups excluding carboxylic acids is 1. The number of hydrogen-bond donors (Lipinski definition) is 1. The fraction of sp³-hybridized carbons (Fsp3) is 0.500. The van der Waals surface area contributed by atoms with Crippen molar-refractivity contribution in [3.63, 3.8) is 0 Å². The van der Waals surface area contributed by atoms with Gasteiger partial charge in [-0.05, 0) is 6.42 Å². The largest absolute Gasteiger partial charge is 0.496 e. The van der Waals surface area contributed by atoms with Crippen molar-refractivity contribution in [3.05, 3.63) is 12.8 Å². The van der Waals surface area contributed by atoms with Gasteiger partial charge in [0.25, 0.3) is 0 Å². The summed E-state index contributed by atoms with van der Waals surface area (Å²) >= 11 is 0. The quantitative estimate of drug-likeness (QED) is 0.542. The summed E-state index contributed by atoms with van der Waals surface area (Å²) in [5.74, 6) is -0.119. The summed E-state index contributed by atoms with van der Waals surface area (Å²) in [5.41, 5.74) is 0. The first kappa shape index (κ1) is 24.0. The number of carbonyl (C=O) groups is 1. The smallest absolute Gasteiger partial charge is 0.0703 e. The van der Waals surface area contributed by atoms with Crippen LogP contribution < -0.4 is 5.32 Å². The summed E-state index contributed by atoms with van der Waals surface area (Å²) in [6, 6.07) is 0. The third-order valence-electron chi connectivity index (χ3n) is 0.761. The van der Waals surface area contributed by atoms with Crippen molar-refractivity contribution < 1.29 is 108 Å².